The summed E-state index contributed by atoms with van der Waals surface area (Å²) in [6, 6.07) is 13.2. The van der Waals surface area contributed by atoms with Crippen molar-refractivity contribution >= 4 is 22.9 Å². The van der Waals surface area contributed by atoms with Crippen molar-refractivity contribution in [3.8, 4) is 0 Å². The topological polar surface area (TPSA) is 29.3 Å². The molecule has 0 unspecified atom stereocenters. The maximum absolute atomic E-state index is 13.4. The number of nitrogens with two attached hydrogens (primary N) is 1. The number of hydrogen-bond acceptors (Lipinski definition) is 2. The SMILES string of the molecule is NC(=S)c1cc(F)ccc1N1CCc2ccccc2CC1. The van der Waals surface area contributed by atoms with Crippen molar-refractivity contribution in [2.24, 2.45) is 5.73 Å². The molecule has 2 N–H and O–H groups in total. The summed E-state index contributed by atoms with van der Waals surface area (Å²) in [6.07, 6.45) is 1.95. The van der Waals surface area contributed by atoms with Gasteiger partial charge in [0.05, 0.1) is 0 Å². The fourth-order valence-electron chi connectivity index (χ4n) is 2.89. The van der Waals surface area contributed by atoms with E-state index < -0.39 is 0 Å². The molecule has 3 rings (SSSR count). The predicted molar refractivity (Wildman–Crippen MR) is 88.4 cm³/mol. The molecular weight excluding hydrogens is 283 g/mol. The molecule has 0 bridgehead atoms. The summed E-state index contributed by atoms with van der Waals surface area (Å²) in [5.74, 6) is -0.306. The van der Waals surface area contributed by atoms with Crippen LogP contribution in [0.3, 0.4) is 0 Å². The fourth-order valence-corrected chi connectivity index (χ4v) is 3.05. The number of nitrogens with zero attached hydrogens (tertiary/aromatic N) is 1. The van der Waals surface area contributed by atoms with Crippen molar-refractivity contribution in [2.75, 3.05) is 18.0 Å². The van der Waals surface area contributed by atoms with Gasteiger partial charge in [0.2, 0.25) is 0 Å². The first-order valence-electron chi connectivity index (χ1n) is 7.06. The second-order valence-electron chi connectivity index (χ2n) is 5.28. The van der Waals surface area contributed by atoms with E-state index in [-0.39, 0.29) is 10.8 Å². The lowest BCUT2D eigenvalue weighted by Crippen LogP contribution is -2.28. The molecule has 0 amide bonds. The Morgan fingerprint density at radius 3 is 2.24 bits per heavy atom. The molecule has 0 spiro atoms. The van der Waals surface area contributed by atoms with E-state index in [2.05, 4.69) is 29.2 Å². The number of fused-ring (bicyclic) bond motifs is 1. The van der Waals surface area contributed by atoms with Crippen LogP contribution in [0.1, 0.15) is 16.7 Å². The van der Waals surface area contributed by atoms with Gasteiger partial charge in [-0.15, -0.1) is 0 Å². The summed E-state index contributed by atoms with van der Waals surface area (Å²) >= 11 is 5.07. The summed E-state index contributed by atoms with van der Waals surface area (Å²) in [5.41, 5.74) is 10.1. The number of halogens is 1. The number of benzene rings is 2. The second kappa shape index (κ2) is 5.82. The minimum Gasteiger partial charge on any atom is -0.389 e. The van der Waals surface area contributed by atoms with Crippen molar-refractivity contribution in [2.45, 2.75) is 12.8 Å². The highest BCUT2D eigenvalue weighted by atomic mass is 32.1. The lowest BCUT2D eigenvalue weighted by atomic mass is 10.0. The highest BCUT2D eigenvalue weighted by molar-refractivity contribution is 7.80. The number of hydrogen-bond donors (Lipinski definition) is 1. The van der Waals surface area contributed by atoms with Crippen LogP contribution in [0, 0.1) is 5.82 Å². The summed E-state index contributed by atoms with van der Waals surface area (Å²) in [7, 11) is 0. The van der Waals surface area contributed by atoms with E-state index in [1.54, 1.807) is 6.07 Å². The molecule has 4 heteroatoms. The van der Waals surface area contributed by atoms with Crippen LogP contribution in [0.5, 0.6) is 0 Å². The van der Waals surface area contributed by atoms with Crippen LogP contribution < -0.4 is 10.6 Å². The van der Waals surface area contributed by atoms with Crippen LogP contribution in [0.4, 0.5) is 10.1 Å². The molecule has 2 aromatic carbocycles. The third kappa shape index (κ3) is 2.90. The highest BCUT2D eigenvalue weighted by Crippen LogP contribution is 2.25. The van der Waals surface area contributed by atoms with Gasteiger partial charge >= 0.3 is 0 Å². The van der Waals surface area contributed by atoms with Crippen molar-refractivity contribution < 1.29 is 4.39 Å². The average molecular weight is 300 g/mol. The third-order valence-corrected chi connectivity index (χ3v) is 4.21. The Labute approximate surface area is 129 Å². The molecule has 1 aliphatic heterocycles. The van der Waals surface area contributed by atoms with Crippen LogP contribution in [-0.4, -0.2) is 18.1 Å². The van der Waals surface area contributed by atoms with E-state index >= 15 is 0 Å². The van der Waals surface area contributed by atoms with E-state index in [0.29, 0.717) is 5.56 Å². The Kier molecular flexibility index (Phi) is 3.88. The van der Waals surface area contributed by atoms with Crippen LogP contribution in [0.15, 0.2) is 42.5 Å². The summed E-state index contributed by atoms with van der Waals surface area (Å²) in [4.78, 5) is 2.49. The Morgan fingerprint density at radius 1 is 1.05 bits per heavy atom. The zero-order valence-corrected chi connectivity index (χ0v) is 12.5. The highest BCUT2D eigenvalue weighted by Gasteiger charge is 2.17. The van der Waals surface area contributed by atoms with Gasteiger partial charge < -0.3 is 10.6 Å². The standard InChI is InChI=1S/C17H17FN2S/c18-14-5-6-16(15(11-14)17(19)21)20-9-7-12-3-1-2-4-13(12)8-10-20/h1-6,11H,7-10H2,(H2,19,21). The van der Waals surface area contributed by atoms with Gasteiger partial charge in [-0.1, -0.05) is 36.5 Å². The van der Waals surface area contributed by atoms with Crippen molar-refractivity contribution in [1.82, 2.24) is 0 Å². The molecule has 2 nitrogen and oxygen atoms in total. The van der Waals surface area contributed by atoms with Gasteiger partial charge in [0.15, 0.2) is 0 Å². The van der Waals surface area contributed by atoms with Gasteiger partial charge in [0, 0.05) is 24.3 Å². The summed E-state index contributed by atoms with van der Waals surface area (Å²) in [5, 5.41) is 0. The van der Waals surface area contributed by atoms with E-state index in [1.165, 1.54) is 23.3 Å². The molecular formula is C17H17FN2S. The molecule has 0 aliphatic carbocycles. The first-order chi connectivity index (χ1) is 10.1. The molecule has 0 atom stereocenters. The molecule has 1 heterocycles. The van der Waals surface area contributed by atoms with Crippen LogP contribution in [0.2, 0.25) is 0 Å². The molecule has 0 fully saturated rings. The lowest BCUT2D eigenvalue weighted by Gasteiger charge is -2.25. The maximum atomic E-state index is 13.4. The van der Waals surface area contributed by atoms with Crippen LogP contribution in [0.25, 0.3) is 0 Å². The minimum absolute atomic E-state index is 0.242. The molecule has 0 radical (unpaired) electrons. The minimum atomic E-state index is -0.306. The fraction of sp³-hybridized carbons (Fsp3) is 0.235. The smallest absolute Gasteiger partial charge is 0.124 e. The van der Waals surface area contributed by atoms with Gasteiger partial charge in [-0.25, -0.2) is 4.39 Å². The Balaban J connectivity index is 1.91. The molecule has 0 saturated heterocycles. The number of rotatable bonds is 2. The van der Waals surface area contributed by atoms with Crippen molar-refractivity contribution in [3.63, 3.8) is 0 Å². The molecule has 0 aromatic heterocycles. The first-order valence-corrected chi connectivity index (χ1v) is 7.47. The number of thiocarbonyl (C=S) groups is 1. The van der Waals surface area contributed by atoms with E-state index in [4.69, 9.17) is 18.0 Å². The normalized spacial score (nSPS) is 14.4. The molecule has 21 heavy (non-hydrogen) atoms. The Morgan fingerprint density at radius 2 is 1.67 bits per heavy atom. The van der Waals surface area contributed by atoms with E-state index in [1.807, 2.05) is 0 Å². The molecule has 2 aromatic rings. The lowest BCUT2D eigenvalue weighted by molar-refractivity contribution is 0.627. The molecule has 0 saturated carbocycles. The zero-order chi connectivity index (χ0) is 14.8. The largest absolute Gasteiger partial charge is 0.389 e. The van der Waals surface area contributed by atoms with Crippen LogP contribution in [-0.2, 0) is 12.8 Å². The van der Waals surface area contributed by atoms with Gasteiger partial charge in [0.25, 0.3) is 0 Å². The van der Waals surface area contributed by atoms with Gasteiger partial charge in [-0.3, -0.25) is 0 Å². The van der Waals surface area contributed by atoms with Gasteiger partial charge in [-0.05, 0) is 42.2 Å². The molecule has 108 valence electrons. The predicted octanol–water partition coefficient (Wildman–Crippen LogP) is 3.07. The Hall–Kier alpha value is -1.94. The van der Waals surface area contributed by atoms with Crippen molar-refractivity contribution in [1.29, 1.82) is 0 Å². The quantitative estimate of drug-likeness (QED) is 0.864. The number of anilines is 1. The second-order valence-corrected chi connectivity index (χ2v) is 5.72. The van der Waals surface area contributed by atoms with E-state index in [0.717, 1.165) is 31.6 Å². The zero-order valence-electron chi connectivity index (χ0n) is 11.7. The van der Waals surface area contributed by atoms with Crippen molar-refractivity contribution in [3.05, 3.63) is 65.0 Å². The molecule has 1 aliphatic rings. The summed E-state index contributed by atoms with van der Waals surface area (Å²) < 4.78 is 13.4. The van der Waals surface area contributed by atoms with Crippen LogP contribution >= 0.6 is 12.2 Å². The first kappa shape index (κ1) is 14.0. The van der Waals surface area contributed by atoms with E-state index in [9.17, 15) is 4.39 Å². The monoisotopic (exact) mass is 300 g/mol. The third-order valence-electron chi connectivity index (χ3n) is 3.99. The average Bonchev–Trinajstić information content (AvgIpc) is 2.70. The van der Waals surface area contributed by atoms with Gasteiger partial charge in [-0.2, -0.15) is 0 Å². The maximum Gasteiger partial charge on any atom is 0.124 e. The van der Waals surface area contributed by atoms with Gasteiger partial charge in [0.1, 0.15) is 10.8 Å². The Bertz CT molecular complexity index is 657. The summed E-state index contributed by atoms with van der Waals surface area (Å²) in [6.45, 7) is 1.77.